The summed E-state index contributed by atoms with van der Waals surface area (Å²) in [7, 11) is -11.7. The van der Waals surface area contributed by atoms with E-state index in [1.54, 1.807) is 20.8 Å². The zero-order valence-corrected chi connectivity index (χ0v) is 15.2. The van der Waals surface area contributed by atoms with E-state index in [2.05, 4.69) is 0 Å². The molecule has 0 saturated carbocycles. The van der Waals surface area contributed by atoms with E-state index in [9.17, 15) is 30.4 Å². The van der Waals surface area contributed by atoms with E-state index in [-0.39, 0.29) is 17.1 Å². The highest BCUT2D eigenvalue weighted by Gasteiger charge is 2.60. The fourth-order valence-electron chi connectivity index (χ4n) is 1.93. The lowest BCUT2D eigenvalue weighted by Crippen LogP contribution is -2.51. The van der Waals surface area contributed by atoms with E-state index in [4.69, 9.17) is 9.29 Å². The first kappa shape index (κ1) is 21.2. The number of alkyl halides is 2. The molecule has 1 aliphatic heterocycles. The van der Waals surface area contributed by atoms with Gasteiger partial charge in [0.2, 0.25) is 0 Å². The second-order valence-electron chi connectivity index (χ2n) is 6.18. The molecule has 1 N–H and O–H groups in total. The van der Waals surface area contributed by atoms with E-state index in [0.29, 0.717) is 6.42 Å². The molecule has 1 saturated heterocycles. The van der Waals surface area contributed by atoms with E-state index < -0.39 is 55.3 Å². The number of sulfonamides is 1. The Bertz CT molecular complexity index is 680. The number of halogens is 2. The monoisotopic (exact) mass is 393 g/mol. The predicted octanol–water partition coefficient (Wildman–Crippen LogP) is 1.20. The fourth-order valence-corrected chi connectivity index (χ4v) is 4.30. The Kier molecular flexibility index (Phi) is 6.01. The maximum atomic E-state index is 13.4. The first-order valence-electron chi connectivity index (χ1n) is 7.22. The maximum Gasteiger partial charge on any atom is 0.484 e. The van der Waals surface area contributed by atoms with Gasteiger partial charge in [0.25, 0.3) is 10.0 Å². The Morgan fingerprint density at radius 1 is 1.21 bits per heavy atom. The molecule has 0 aromatic carbocycles. The van der Waals surface area contributed by atoms with Gasteiger partial charge in [0, 0.05) is 13.1 Å². The summed E-state index contributed by atoms with van der Waals surface area (Å²) in [5, 5.41) is 0. The number of hydrogen-bond acceptors (Lipinski definition) is 6. The number of esters is 1. The average molecular weight is 393 g/mol. The maximum absolute atomic E-state index is 13.4. The molecule has 0 spiro atoms. The first-order chi connectivity index (χ1) is 10.7. The molecule has 0 aromatic rings. The van der Waals surface area contributed by atoms with Crippen molar-refractivity contribution < 1.29 is 39.7 Å². The van der Waals surface area contributed by atoms with Gasteiger partial charge in [-0.2, -0.15) is 21.5 Å². The Balaban J connectivity index is 2.78. The van der Waals surface area contributed by atoms with Gasteiger partial charge >= 0.3 is 20.7 Å². The third-order valence-corrected chi connectivity index (χ3v) is 7.56. The smallest absolute Gasteiger partial charge is 0.462 e. The molecule has 142 valence electrons. The lowest BCUT2D eigenvalue weighted by Gasteiger charge is -2.33. The molecule has 1 fully saturated rings. The molecule has 0 atom stereocenters. The van der Waals surface area contributed by atoms with Crippen molar-refractivity contribution in [2.45, 2.75) is 50.7 Å². The Morgan fingerprint density at radius 2 is 1.67 bits per heavy atom. The van der Waals surface area contributed by atoms with Gasteiger partial charge < -0.3 is 4.74 Å². The number of carbonyl (C=O) groups is 1. The minimum absolute atomic E-state index is 0.0493. The summed E-state index contributed by atoms with van der Waals surface area (Å²) in [5.41, 5.74) is -0.721. The van der Waals surface area contributed by atoms with Gasteiger partial charge in [0.15, 0.2) is 0 Å². The van der Waals surface area contributed by atoms with Crippen LogP contribution in [-0.2, 0) is 29.7 Å². The third kappa shape index (κ3) is 4.03. The van der Waals surface area contributed by atoms with Crippen LogP contribution in [0.15, 0.2) is 0 Å². The van der Waals surface area contributed by atoms with Crippen LogP contribution in [0, 0.1) is 5.41 Å². The molecule has 0 amide bonds. The molecule has 0 aliphatic carbocycles. The Morgan fingerprint density at radius 3 is 2.04 bits per heavy atom. The Labute approximate surface area is 140 Å². The predicted molar refractivity (Wildman–Crippen MR) is 80.2 cm³/mol. The summed E-state index contributed by atoms with van der Waals surface area (Å²) in [5.74, 6) is -0.477. The van der Waals surface area contributed by atoms with Crippen molar-refractivity contribution in [2.24, 2.45) is 5.41 Å². The molecular weight excluding hydrogens is 372 g/mol. The normalized spacial score (nSPS) is 19.2. The molecule has 0 radical (unpaired) electrons. The topological polar surface area (TPSA) is 118 Å². The SMILES string of the molecule is CCC(C)(C)C(=O)OC1CCN(S(=O)(=O)C(F)(F)S(=O)(=O)O)CC1. The van der Waals surface area contributed by atoms with E-state index in [0.717, 1.165) is 0 Å². The summed E-state index contributed by atoms with van der Waals surface area (Å²) in [4.78, 5) is 11.9. The minimum atomic E-state index is -6.11. The second-order valence-corrected chi connectivity index (χ2v) is 9.89. The lowest BCUT2D eigenvalue weighted by molar-refractivity contribution is -0.161. The highest BCUT2D eigenvalue weighted by molar-refractivity contribution is 8.06. The highest BCUT2D eigenvalue weighted by atomic mass is 32.3. The number of hydrogen-bond donors (Lipinski definition) is 1. The molecule has 0 bridgehead atoms. The molecule has 0 aromatic heterocycles. The quantitative estimate of drug-likeness (QED) is 0.532. The number of nitrogens with zero attached hydrogens (tertiary/aromatic N) is 1. The van der Waals surface area contributed by atoms with Crippen LogP contribution in [0.4, 0.5) is 8.78 Å². The van der Waals surface area contributed by atoms with Crippen molar-refractivity contribution in [2.75, 3.05) is 13.1 Å². The van der Waals surface area contributed by atoms with Gasteiger partial charge in [0.1, 0.15) is 6.10 Å². The largest absolute Gasteiger partial charge is 0.484 e. The van der Waals surface area contributed by atoms with Crippen molar-refractivity contribution in [3.05, 3.63) is 0 Å². The summed E-state index contributed by atoms with van der Waals surface area (Å²) in [6, 6.07) is 0. The minimum Gasteiger partial charge on any atom is -0.462 e. The van der Waals surface area contributed by atoms with Crippen LogP contribution in [0.3, 0.4) is 0 Å². The summed E-state index contributed by atoms with van der Waals surface area (Å²) < 4.78 is 80.2. The van der Waals surface area contributed by atoms with Crippen LogP contribution >= 0.6 is 0 Å². The zero-order valence-electron chi connectivity index (χ0n) is 13.5. The van der Waals surface area contributed by atoms with Crippen LogP contribution in [0.25, 0.3) is 0 Å². The van der Waals surface area contributed by atoms with Gasteiger partial charge in [0.05, 0.1) is 5.41 Å². The van der Waals surface area contributed by atoms with Crippen molar-refractivity contribution in [3.63, 3.8) is 0 Å². The summed E-state index contributed by atoms with van der Waals surface area (Å²) >= 11 is 0. The van der Waals surface area contributed by atoms with Crippen LogP contribution in [0.5, 0.6) is 0 Å². The molecule has 8 nitrogen and oxygen atoms in total. The standard InChI is InChI=1S/C12H21F2NO7S2/c1-4-11(2,3)10(16)22-9-5-7-15(8-6-9)23(17,18)12(13,14)24(19,20)21/h9H,4-8H2,1-3H3,(H,19,20,21). The van der Waals surface area contributed by atoms with Crippen molar-refractivity contribution >= 4 is 26.1 Å². The first-order valence-corrected chi connectivity index (χ1v) is 10.1. The van der Waals surface area contributed by atoms with Gasteiger partial charge in [-0.3, -0.25) is 9.35 Å². The second kappa shape index (κ2) is 6.81. The molecule has 1 aliphatic rings. The van der Waals surface area contributed by atoms with Crippen molar-refractivity contribution in [3.8, 4) is 0 Å². The van der Waals surface area contributed by atoms with Crippen LogP contribution in [0.2, 0.25) is 0 Å². The molecule has 1 rings (SSSR count). The molecular formula is C12H21F2NO7S2. The fraction of sp³-hybridized carbons (Fsp3) is 0.917. The van der Waals surface area contributed by atoms with Crippen LogP contribution in [0.1, 0.15) is 40.0 Å². The average Bonchev–Trinajstić information content (AvgIpc) is 2.46. The van der Waals surface area contributed by atoms with Crippen molar-refractivity contribution in [1.82, 2.24) is 4.31 Å². The van der Waals surface area contributed by atoms with Crippen molar-refractivity contribution in [1.29, 1.82) is 0 Å². The highest BCUT2D eigenvalue weighted by Crippen LogP contribution is 2.33. The zero-order chi connectivity index (χ0) is 19.0. The Hall–Kier alpha value is -0.850. The van der Waals surface area contributed by atoms with Crippen LogP contribution in [-0.4, -0.2) is 55.4 Å². The van der Waals surface area contributed by atoms with E-state index in [1.165, 1.54) is 0 Å². The number of ether oxygens (including phenoxy) is 1. The molecule has 0 unspecified atom stereocenters. The summed E-state index contributed by atoms with van der Waals surface area (Å²) in [6.07, 6.45) is -0.215. The lowest BCUT2D eigenvalue weighted by atomic mass is 9.90. The van der Waals surface area contributed by atoms with Crippen LogP contribution < -0.4 is 0 Å². The van der Waals surface area contributed by atoms with Gasteiger partial charge in [-0.1, -0.05) is 6.92 Å². The van der Waals surface area contributed by atoms with E-state index in [1.807, 2.05) is 0 Å². The number of rotatable bonds is 6. The third-order valence-electron chi connectivity index (χ3n) is 4.05. The number of carbonyl (C=O) groups excluding carboxylic acids is 1. The molecule has 12 heteroatoms. The molecule has 1 heterocycles. The van der Waals surface area contributed by atoms with Gasteiger partial charge in [-0.05, 0) is 33.1 Å². The van der Waals surface area contributed by atoms with E-state index >= 15 is 0 Å². The molecule has 24 heavy (non-hydrogen) atoms. The van der Waals surface area contributed by atoms with Gasteiger partial charge in [-0.15, -0.1) is 0 Å². The summed E-state index contributed by atoms with van der Waals surface area (Å²) in [6.45, 7) is 4.27. The number of piperidine rings is 1. The van der Waals surface area contributed by atoms with Gasteiger partial charge in [-0.25, -0.2) is 8.42 Å².